The van der Waals surface area contributed by atoms with E-state index in [1.807, 2.05) is 0 Å². The number of hydrogen-bond donors (Lipinski definition) is 0. The van der Waals surface area contributed by atoms with E-state index < -0.39 is 5.79 Å². The average molecular weight is 454 g/mol. The Kier molecular flexibility index (Phi) is 2.37. The van der Waals surface area contributed by atoms with Crippen LogP contribution in [0.5, 0.6) is 11.6 Å². The summed E-state index contributed by atoms with van der Waals surface area (Å²) in [5.74, 6) is 0.990. The van der Waals surface area contributed by atoms with Gasteiger partial charge in [-0.2, -0.15) is 9.78 Å². The highest BCUT2D eigenvalue weighted by molar-refractivity contribution is 6.15. The smallest absolute Gasteiger partial charge is 0.404 e. The monoisotopic (exact) mass is 454 g/mol. The number of aryl methyl sites for hydroxylation is 2. The van der Waals surface area contributed by atoms with Crippen LogP contribution in [-0.4, -0.2) is 18.7 Å². The fourth-order valence-corrected chi connectivity index (χ4v) is 7.13. The molecule has 3 aliphatic heterocycles. The molecule has 1 atom stereocenters. The quantitative estimate of drug-likeness (QED) is 0.257. The number of ether oxygens (including phenoxy) is 1. The van der Waals surface area contributed by atoms with E-state index in [0.717, 1.165) is 39.9 Å². The van der Waals surface area contributed by atoms with Gasteiger partial charge in [-0.3, -0.25) is 4.57 Å². The minimum absolute atomic E-state index is 0.721. The van der Waals surface area contributed by atoms with Gasteiger partial charge in [0.25, 0.3) is 11.3 Å². The number of pyridine rings is 2. The Balaban J connectivity index is 1.63. The SMILES string of the molecule is Cc1cc2n(n1)C13c4c(ccc5c6ccccc6n6c7ccn(C)c7[n+]1c6c45)Oc1cccc-2[n+]13. The molecule has 7 heteroatoms. The molecule has 0 saturated heterocycles. The number of benzene rings is 2. The van der Waals surface area contributed by atoms with Crippen molar-refractivity contribution >= 4 is 38.5 Å². The van der Waals surface area contributed by atoms with Crippen LogP contribution in [-0.2, 0) is 12.8 Å². The van der Waals surface area contributed by atoms with Gasteiger partial charge in [0.2, 0.25) is 5.69 Å². The lowest BCUT2D eigenvalue weighted by atomic mass is 9.97. The van der Waals surface area contributed by atoms with E-state index in [9.17, 15) is 0 Å². The van der Waals surface area contributed by atoms with E-state index in [2.05, 4.69) is 110 Å². The molecule has 3 aliphatic rings. The predicted molar refractivity (Wildman–Crippen MR) is 130 cm³/mol. The van der Waals surface area contributed by atoms with Crippen LogP contribution in [0.25, 0.3) is 49.9 Å². The molecule has 2 aromatic carbocycles. The number of rotatable bonds is 0. The highest BCUT2D eigenvalue weighted by atomic mass is 16.5. The van der Waals surface area contributed by atoms with E-state index in [4.69, 9.17) is 9.84 Å². The number of para-hydroxylation sites is 1. The molecule has 0 aliphatic carbocycles. The zero-order valence-electron chi connectivity index (χ0n) is 19.0. The van der Waals surface area contributed by atoms with Crippen molar-refractivity contribution in [1.82, 2.24) is 18.7 Å². The summed E-state index contributed by atoms with van der Waals surface area (Å²) < 4.78 is 18.3. The van der Waals surface area contributed by atoms with Crippen molar-refractivity contribution in [2.24, 2.45) is 7.05 Å². The van der Waals surface area contributed by atoms with Crippen LogP contribution in [0.15, 0.2) is 72.9 Å². The average Bonchev–Trinajstić information content (AvgIpc) is 3.64. The summed E-state index contributed by atoms with van der Waals surface area (Å²) in [4.78, 5) is 0. The van der Waals surface area contributed by atoms with E-state index in [1.165, 1.54) is 32.8 Å². The molecule has 0 radical (unpaired) electrons. The second-order valence-electron chi connectivity index (χ2n) is 9.91. The summed E-state index contributed by atoms with van der Waals surface area (Å²) in [7, 11) is 2.13. The van der Waals surface area contributed by atoms with Crippen molar-refractivity contribution in [3.05, 3.63) is 84.2 Å². The Morgan fingerprint density at radius 1 is 0.886 bits per heavy atom. The third-order valence-electron chi connectivity index (χ3n) is 8.24. The van der Waals surface area contributed by atoms with Crippen molar-refractivity contribution < 1.29 is 13.9 Å². The molecule has 5 aromatic heterocycles. The predicted octanol–water partition coefficient (Wildman–Crippen LogP) is 3.97. The molecule has 1 spiro atoms. The van der Waals surface area contributed by atoms with Crippen LogP contribution in [0, 0.1) is 6.92 Å². The van der Waals surface area contributed by atoms with Gasteiger partial charge in [-0.15, -0.1) is 4.57 Å². The molecule has 0 saturated carbocycles. The highest BCUT2D eigenvalue weighted by Crippen LogP contribution is 2.52. The molecule has 8 heterocycles. The Morgan fingerprint density at radius 2 is 1.80 bits per heavy atom. The normalized spacial score (nSPS) is 18.3. The third-order valence-corrected chi connectivity index (χ3v) is 8.24. The lowest BCUT2D eigenvalue weighted by Gasteiger charge is -2.27. The summed E-state index contributed by atoms with van der Waals surface area (Å²) >= 11 is 0. The first kappa shape index (κ1) is 16.9. The lowest BCUT2D eigenvalue weighted by molar-refractivity contribution is -0.961. The second kappa shape index (κ2) is 4.90. The van der Waals surface area contributed by atoms with Gasteiger partial charge in [-0.25, -0.2) is 4.40 Å². The topological polar surface area (TPSA) is 44.1 Å². The van der Waals surface area contributed by atoms with Crippen molar-refractivity contribution in [3.63, 3.8) is 0 Å². The third kappa shape index (κ3) is 1.47. The van der Waals surface area contributed by atoms with Gasteiger partial charge in [0, 0.05) is 22.9 Å². The molecule has 164 valence electrons. The Bertz CT molecular complexity index is 2180. The van der Waals surface area contributed by atoms with Gasteiger partial charge < -0.3 is 4.74 Å². The van der Waals surface area contributed by atoms with Gasteiger partial charge in [0.1, 0.15) is 16.8 Å². The van der Waals surface area contributed by atoms with Crippen LogP contribution in [0.3, 0.4) is 0 Å². The number of aromatic nitrogens is 6. The van der Waals surface area contributed by atoms with E-state index >= 15 is 0 Å². The van der Waals surface area contributed by atoms with Gasteiger partial charge >= 0.3 is 11.7 Å². The minimum Gasteiger partial charge on any atom is -0.404 e. The van der Waals surface area contributed by atoms with Gasteiger partial charge in [-0.05, 0) is 37.3 Å². The molecule has 0 bridgehead atoms. The first-order chi connectivity index (χ1) is 17.2. The van der Waals surface area contributed by atoms with Crippen LogP contribution >= 0.6 is 0 Å². The van der Waals surface area contributed by atoms with Crippen LogP contribution in [0.1, 0.15) is 11.3 Å². The maximum atomic E-state index is 6.61. The van der Waals surface area contributed by atoms with Gasteiger partial charge in [0.15, 0.2) is 11.3 Å². The summed E-state index contributed by atoms with van der Waals surface area (Å²) in [6, 6.07) is 23.8. The van der Waals surface area contributed by atoms with Crippen LogP contribution in [0.4, 0.5) is 0 Å². The molecule has 1 unspecified atom stereocenters. The molecular formula is C28H18N6O+2. The highest BCUT2D eigenvalue weighted by Gasteiger charge is 2.69. The van der Waals surface area contributed by atoms with Crippen molar-refractivity contribution in [2.45, 2.75) is 12.7 Å². The summed E-state index contributed by atoms with van der Waals surface area (Å²) in [6.07, 6.45) is 2.15. The van der Waals surface area contributed by atoms with Gasteiger partial charge in [0.05, 0.1) is 30.4 Å². The first-order valence-electron chi connectivity index (χ1n) is 11.9. The Hall–Kier alpha value is -4.65. The molecule has 7 nitrogen and oxygen atoms in total. The zero-order chi connectivity index (χ0) is 22.8. The molecule has 0 fully saturated rings. The summed E-state index contributed by atoms with van der Waals surface area (Å²) in [6.45, 7) is 2.07. The van der Waals surface area contributed by atoms with E-state index in [1.54, 1.807) is 0 Å². The van der Waals surface area contributed by atoms with Crippen LogP contribution in [0.2, 0.25) is 0 Å². The maximum Gasteiger partial charge on any atom is 0.431 e. The summed E-state index contributed by atoms with van der Waals surface area (Å²) in [5, 5.41) is 8.84. The molecule has 35 heavy (non-hydrogen) atoms. The van der Waals surface area contributed by atoms with Gasteiger partial charge in [-0.1, -0.05) is 22.8 Å². The first-order valence-corrected chi connectivity index (χ1v) is 11.9. The maximum absolute atomic E-state index is 6.61. The van der Waals surface area contributed by atoms with E-state index in [-0.39, 0.29) is 0 Å². The van der Waals surface area contributed by atoms with Crippen molar-refractivity contribution in [2.75, 3.05) is 0 Å². The Morgan fingerprint density at radius 3 is 2.74 bits per heavy atom. The lowest BCUT2D eigenvalue weighted by Crippen LogP contribution is -2.75. The standard InChI is InChI=1S/C28H18N6O/c1-15-14-21-19-8-5-9-23-32(19)28(34(21)29-15)25-22(35-23)11-10-17-16-6-3-4-7-18(16)31-20-12-13-30(2)26(20)33(28)27(31)24(17)25/h3-14H,1-2H3/q+2. The zero-order valence-corrected chi connectivity index (χ0v) is 19.0. The Labute approximate surface area is 198 Å². The van der Waals surface area contributed by atoms with Crippen LogP contribution < -0.4 is 13.9 Å². The van der Waals surface area contributed by atoms with E-state index in [0.29, 0.717) is 0 Å². The summed E-state index contributed by atoms with van der Waals surface area (Å²) in [5.41, 5.74) is 9.09. The van der Waals surface area contributed by atoms with Crippen molar-refractivity contribution in [1.29, 1.82) is 0 Å². The van der Waals surface area contributed by atoms with Crippen molar-refractivity contribution in [3.8, 4) is 23.0 Å². The largest absolute Gasteiger partial charge is 0.431 e. The molecular weight excluding hydrogens is 436 g/mol. The number of imidazole rings is 1. The molecule has 7 aromatic rings. The second-order valence-corrected chi connectivity index (χ2v) is 9.91. The molecule has 0 amide bonds. The number of hydrogen-bond acceptors (Lipinski definition) is 2. The molecule has 0 N–H and O–H groups in total. The number of fused-ring (bicyclic) bond motifs is 8. The number of nitrogens with zero attached hydrogens (tertiary/aromatic N) is 6. The fourth-order valence-electron chi connectivity index (χ4n) is 7.13. The fraction of sp³-hybridized carbons (Fsp3) is 0.107. The minimum atomic E-state index is -0.721. The molecule has 10 rings (SSSR count).